The highest BCUT2D eigenvalue weighted by molar-refractivity contribution is 7.62. The van der Waals surface area contributed by atoms with Crippen LogP contribution >= 0.6 is 7.60 Å². The monoisotopic (exact) mass is 401 g/mol. The molecular weight excluding hydrogens is 377 g/mol. The molecular formula is C20H24N3O4P. The smallest absolute Gasteiger partial charge is 0.385 e. The van der Waals surface area contributed by atoms with E-state index in [4.69, 9.17) is 13.5 Å². The van der Waals surface area contributed by atoms with Crippen LogP contribution in [0.3, 0.4) is 0 Å². The minimum absolute atomic E-state index is 0.149. The van der Waals surface area contributed by atoms with E-state index in [1.54, 1.807) is 26.2 Å². The Kier molecular flexibility index (Phi) is 6.62. The predicted octanol–water partition coefficient (Wildman–Crippen LogP) is 4.55. The number of hydrogen-bond donors (Lipinski definition) is 1. The number of oxazole rings is 1. The van der Waals surface area contributed by atoms with Gasteiger partial charge in [-0.2, -0.15) is 4.98 Å². The molecule has 0 aliphatic carbocycles. The maximum absolute atomic E-state index is 13.3. The summed E-state index contributed by atoms with van der Waals surface area (Å²) in [6.45, 7) is 6.41. The molecule has 0 aliphatic rings. The molecule has 2 aromatic heterocycles. The summed E-state index contributed by atoms with van der Waals surface area (Å²) in [4.78, 5) is 8.57. The maximum atomic E-state index is 13.3. The summed E-state index contributed by atoms with van der Waals surface area (Å²) in [5, 5.41) is 3.15. The zero-order valence-electron chi connectivity index (χ0n) is 16.2. The van der Waals surface area contributed by atoms with Crippen molar-refractivity contribution in [1.29, 1.82) is 0 Å². The van der Waals surface area contributed by atoms with Gasteiger partial charge in [-0.05, 0) is 44.5 Å². The van der Waals surface area contributed by atoms with Gasteiger partial charge in [0, 0.05) is 24.5 Å². The Bertz CT molecular complexity index is 932. The third-order valence-corrected chi connectivity index (χ3v) is 5.96. The zero-order chi connectivity index (χ0) is 20.0. The lowest BCUT2D eigenvalue weighted by molar-refractivity contribution is 0.229. The number of hydrogen-bond acceptors (Lipinski definition) is 7. The summed E-state index contributed by atoms with van der Waals surface area (Å²) >= 11 is 0. The number of pyridine rings is 1. The molecule has 3 aromatic rings. The lowest BCUT2D eigenvalue weighted by atomic mass is 10.1. The Morgan fingerprint density at radius 3 is 2.43 bits per heavy atom. The third-order valence-electron chi connectivity index (χ3n) is 3.94. The second kappa shape index (κ2) is 9.15. The Labute approximate surface area is 164 Å². The van der Waals surface area contributed by atoms with E-state index >= 15 is 0 Å². The Balaban J connectivity index is 1.99. The van der Waals surface area contributed by atoms with Crippen LogP contribution in [0.5, 0.6) is 0 Å². The highest BCUT2D eigenvalue weighted by atomic mass is 31.2. The molecule has 0 saturated heterocycles. The van der Waals surface area contributed by atoms with Crippen LogP contribution in [-0.2, 0) is 20.2 Å². The van der Waals surface area contributed by atoms with Crippen LogP contribution in [0, 0.1) is 6.92 Å². The van der Waals surface area contributed by atoms with Crippen LogP contribution in [0.4, 0.5) is 5.88 Å². The zero-order valence-corrected chi connectivity index (χ0v) is 17.1. The number of aryl methyl sites for hydroxylation is 1. The van der Waals surface area contributed by atoms with Crippen molar-refractivity contribution in [1.82, 2.24) is 9.97 Å². The van der Waals surface area contributed by atoms with Crippen LogP contribution in [0.1, 0.15) is 25.0 Å². The fraction of sp³-hybridized carbons (Fsp3) is 0.300. The van der Waals surface area contributed by atoms with Crippen LogP contribution in [-0.4, -0.2) is 23.2 Å². The van der Waals surface area contributed by atoms with Crippen LogP contribution in [0.15, 0.2) is 53.2 Å². The van der Waals surface area contributed by atoms with Crippen molar-refractivity contribution in [2.75, 3.05) is 18.5 Å². The van der Waals surface area contributed by atoms with E-state index in [1.807, 2.05) is 43.3 Å². The molecule has 7 nitrogen and oxygen atoms in total. The predicted molar refractivity (Wildman–Crippen MR) is 109 cm³/mol. The molecule has 1 N–H and O–H groups in total. The number of nitrogens with one attached hydrogen (secondary N) is 1. The summed E-state index contributed by atoms with van der Waals surface area (Å²) < 4.78 is 30.2. The molecule has 1 aromatic carbocycles. The third kappa shape index (κ3) is 4.68. The molecule has 0 saturated carbocycles. The minimum Gasteiger partial charge on any atom is -0.420 e. The second-order valence-corrected chi connectivity index (χ2v) is 8.02. The number of rotatable bonds is 9. The Hall–Kier alpha value is -2.47. The van der Waals surface area contributed by atoms with Crippen LogP contribution in [0.2, 0.25) is 0 Å². The van der Waals surface area contributed by atoms with Gasteiger partial charge in [-0.3, -0.25) is 9.55 Å². The van der Waals surface area contributed by atoms with Gasteiger partial charge in [0.1, 0.15) is 0 Å². The highest BCUT2D eigenvalue weighted by Crippen LogP contribution is 2.49. The molecule has 8 heteroatoms. The maximum Gasteiger partial charge on any atom is 0.385 e. The topological polar surface area (TPSA) is 86.5 Å². The van der Waals surface area contributed by atoms with Crippen molar-refractivity contribution in [3.05, 3.63) is 59.9 Å². The molecule has 0 amide bonds. The summed E-state index contributed by atoms with van der Waals surface area (Å²) in [6, 6.07) is 11.5. The van der Waals surface area contributed by atoms with E-state index in [9.17, 15) is 4.57 Å². The van der Waals surface area contributed by atoms with Crippen molar-refractivity contribution in [2.24, 2.45) is 0 Å². The molecule has 0 bridgehead atoms. The summed E-state index contributed by atoms with van der Waals surface area (Å²) in [5.74, 6) is 0.618. The van der Waals surface area contributed by atoms with Gasteiger partial charge in [-0.15, -0.1) is 0 Å². The molecule has 0 atom stereocenters. The number of benzene rings is 1. The minimum atomic E-state index is -3.62. The van der Waals surface area contributed by atoms with Crippen molar-refractivity contribution in [3.8, 4) is 11.5 Å². The molecule has 0 aliphatic heterocycles. The van der Waals surface area contributed by atoms with E-state index in [1.165, 1.54) is 0 Å². The fourth-order valence-corrected chi connectivity index (χ4v) is 4.20. The van der Waals surface area contributed by atoms with Gasteiger partial charge in [0.25, 0.3) is 0 Å². The standard InChI is InChI=1S/C20H24N3O4P/c1-4-25-28(24,26-5-2)20-19(22-14-16-7-6-12-21-13-16)27-18(23-20)17-10-8-15(3)9-11-17/h6-13,22H,4-5,14H2,1-3H3. The molecule has 0 fully saturated rings. The molecule has 2 heterocycles. The highest BCUT2D eigenvalue weighted by Gasteiger charge is 2.35. The van der Waals surface area contributed by atoms with E-state index in [-0.39, 0.29) is 24.5 Å². The van der Waals surface area contributed by atoms with Crippen molar-refractivity contribution < 1.29 is 18.0 Å². The van der Waals surface area contributed by atoms with Gasteiger partial charge in [0.15, 0.2) is 0 Å². The summed E-state index contributed by atoms with van der Waals surface area (Å²) in [5.41, 5.74) is 3.00. The van der Waals surface area contributed by atoms with Gasteiger partial charge in [-0.25, -0.2) is 0 Å². The first-order chi connectivity index (χ1) is 13.6. The molecule has 28 heavy (non-hydrogen) atoms. The number of anilines is 1. The van der Waals surface area contributed by atoms with Crippen LogP contribution < -0.4 is 10.8 Å². The molecule has 0 unspecified atom stereocenters. The summed E-state index contributed by atoms with van der Waals surface area (Å²) in [7, 11) is -3.62. The van der Waals surface area contributed by atoms with E-state index in [0.29, 0.717) is 12.4 Å². The van der Waals surface area contributed by atoms with Crippen molar-refractivity contribution in [2.45, 2.75) is 27.3 Å². The molecule has 148 valence electrons. The fourth-order valence-electron chi connectivity index (χ4n) is 2.62. The Morgan fingerprint density at radius 1 is 1.11 bits per heavy atom. The van der Waals surface area contributed by atoms with Gasteiger partial charge in [0.05, 0.1) is 13.2 Å². The first kappa shape index (κ1) is 20.3. The summed E-state index contributed by atoms with van der Waals surface area (Å²) in [6.07, 6.45) is 3.45. The number of nitrogens with zero attached hydrogens (tertiary/aromatic N) is 2. The van der Waals surface area contributed by atoms with Crippen molar-refractivity contribution in [3.63, 3.8) is 0 Å². The molecule has 3 rings (SSSR count). The van der Waals surface area contributed by atoms with Crippen molar-refractivity contribution >= 4 is 18.9 Å². The first-order valence-corrected chi connectivity index (χ1v) is 10.7. The van der Waals surface area contributed by atoms with Crippen LogP contribution in [0.25, 0.3) is 11.5 Å². The molecule has 0 spiro atoms. The lowest BCUT2D eigenvalue weighted by Crippen LogP contribution is -2.16. The van der Waals surface area contributed by atoms with Gasteiger partial charge >= 0.3 is 7.60 Å². The lowest BCUT2D eigenvalue weighted by Gasteiger charge is -2.15. The molecule has 0 radical (unpaired) electrons. The first-order valence-electron chi connectivity index (χ1n) is 9.16. The largest absolute Gasteiger partial charge is 0.420 e. The van der Waals surface area contributed by atoms with Gasteiger partial charge < -0.3 is 18.8 Å². The number of aromatic nitrogens is 2. The quantitative estimate of drug-likeness (QED) is 0.527. The Morgan fingerprint density at radius 2 is 1.82 bits per heavy atom. The second-order valence-electron chi connectivity index (χ2n) is 6.09. The average molecular weight is 401 g/mol. The van der Waals surface area contributed by atoms with E-state index in [0.717, 1.165) is 16.7 Å². The average Bonchev–Trinajstić information content (AvgIpc) is 3.13. The normalized spacial score (nSPS) is 11.5. The van der Waals surface area contributed by atoms with E-state index in [2.05, 4.69) is 15.3 Å². The SMILES string of the molecule is CCOP(=O)(OCC)c1nc(-c2ccc(C)cc2)oc1NCc1cccnc1. The van der Waals surface area contributed by atoms with Gasteiger partial charge in [-0.1, -0.05) is 23.8 Å². The van der Waals surface area contributed by atoms with E-state index < -0.39 is 7.60 Å². The van der Waals surface area contributed by atoms with Gasteiger partial charge in [0.2, 0.25) is 17.2 Å².